The average Bonchev–Trinajstić information content (AvgIpc) is 2.06. The van der Waals surface area contributed by atoms with Crippen molar-refractivity contribution in [3.05, 3.63) is 36.2 Å². The molecule has 0 spiro atoms. The second-order valence-corrected chi connectivity index (χ2v) is 2.93. The lowest BCUT2D eigenvalue weighted by Gasteiger charge is -2.07. The van der Waals surface area contributed by atoms with Crippen LogP contribution in [0.5, 0.6) is 5.75 Å². The van der Waals surface area contributed by atoms with Gasteiger partial charge >= 0.3 is 0 Å². The summed E-state index contributed by atoms with van der Waals surface area (Å²) in [5.74, 6) is 0.00825. The van der Waals surface area contributed by atoms with Gasteiger partial charge in [-0.1, -0.05) is 6.58 Å². The van der Waals surface area contributed by atoms with Crippen LogP contribution < -0.4 is 10.5 Å². The number of nitrogens with two attached hydrogens (primary N) is 1. The van der Waals surface area contributed by atoms with Gasteiger partial charge in [-0.05, 0) is 24.6 Å². The second-order valence-electron chi connectivity index (χ2n) is 2.93. The van der Waals surface area contributed by atoms with E-state index in [1.54, 1.807) is 0 Å². The third kappa shape index (κ3) is 2.78. The van der Waals surface area contributed by atoms with E-state index in [2.05, 4.69) is 6.58 Å². The molecule has 0 aromatic heterocycles. The fraction of sp³-hybridized carbons (Fsp3) is 0.200. The number of hydrogen-bond acceptors (Lipinski definition) is 2. The molecular formula is C10H12FNO. The van der Waals surface area contributed by atoms with Crippen LogP contribution in [0.2, 0.25) is 0 Å². The third-order valence-corrected chi connectivity index (χ3v) is 1.45. The van der Waals surface area contributed by atoms with Crippen LogP contribution in [0, 0.1) is 5.82 Å². The minimum Gasteiger partial charge on any atom is -0.487 e. The summed E-state index contributed by atoms with van der Waals surface area (Å²) in [7, 11) is 0. The number of ether oxygens (including phenoxy) is 1. The van der Waals surface area contributed by atoms with Gasteiger partial charge in [-0.2, -0.15) is 0 Å². The van der Waals surface area contributed by atoms with Crippen molar-refractivity contribution in [3.63, 3.8) is 0 Å². The van der Waals surface area contributed by atoms with Crippen LogP contribution in [0.15, 0.2) is 30.4 Å². The highest BCUT2D eigenvalue weighted by Gasteiger charge is 2.01. The van der Waals surface area contributed by atoms with Gasteiger partial charge in [0.15, 0.2) is 0 Å². The van der Waals surface area contributed by atoms with Crippen molar-refractivity contribution >= 4 is 5.69 Å². The minimum absolute atomic E-state index is 0.355. The summed E-state index contributed by atoms with van der Waals surface area (Å²) < 4.78 is 17.9. The van der Waals surface area contributed by atoms with Gasteiger partial charge in [-0.3, -0.25) is 0 Å². The molecule has 1 aromatic carbocycles. The maximum Gasteiger partial charge on any atom is 0.145 e. The molecule has 0 radical (unpaired) electrons. The molecular weight excluding hydrogens is 169 g/mol. The zero-order valence-corrected chi connectivity index (χ0v) is 7.51. The van der Waals surface area contributed by atoms with Crippen molar-refractivity contribution in [2.75, 3.05) is 12.3 Å². The Balaban J connectivity index is 2.75. The molecule has 0 heterocycles. The van der Waals surface area contributed by atoms with Crippen LogP contribution in [0.1, 0.15) is 6.92 Å². The molecule has 2 nitrogen and oxygen atoms in total. The summed E-state index contributed by atoms with van der Waals surface area (Å²) in [5, 5.41) is 0. The first-order valence-corrected chi connectivity index (χ1v) is 3.92. The molecule has 0 saturated heterocycles. The smallest absolute Gasteiger partial charge is 0.145 e. The van der Waals surface area contributed by atoms with Crippen molar-refractivity contribution < 1.29 is 9.13 Å². The minimum atomic E-state index is -0.356. The molecule has 0 bridgehead atoms. The van der Waals surface area contributed by atoms with Crippen LogP contribution in [0.4, 0.5) is 10.1 Å². The Morgan fingerprint density at radius 2 is 2.31 bits per heavy atom. The molecule has 0 amide bonds. The number of hydrogen-bond donors (Lipinski definition) is 1. The molecule has 1 aromatic rings. The van der Waals surface area contributed by atoms with Gasteiger partial charge in [-0.25, -0.2) is 4.39 Å². The van der Waals surface area contributed by atoms with Crippen molar-refractivity contribution in [2.45, 2.75) is 6.92 Å². The highest BCUT2D eigenvalue weighted by molar-refractivity contribution is 5.52. The summed E-state index contributed by atoms with van der Waals surface area (Å²) in [6, 6.07) is 4.03. The molecule has 0 saturated carbocycles. The standard InChI is InChI=1S/C10H12FNO/c1-7(2)6-13-10-5-8(11)3-4-9(10)12/h3-5H,1,6,12H2,2H3. The fourth-order valence-corrected chi connectivity index (χ4v) is 0.834. The van der Waals surface area contributed by atoms with Gasteiger partial charge in [0.1, 0.15) is 18.2 Å². The molecule has 0 aliphatic carbocycles. The Bertz CT molecular complexity index is 323. The van der Waals surface area contributed by atoms with Crippen LogP contribution in [0.25, 0.3) is 0 Å². The van der Waals surface area contributed by atoms with Crippen LogP contribution in [-0.4, -0.2) is 6.61 Å². The van der Waals surface area contributed by atoms with Crippen molar-refractivity contribution in [3.8, 4) is 5.75 Å². The van der Waals surface area contributed by atoms with Gasteiger partial charge < -0.3 is 10.5 Å². The number of benzene rings is 1. The quantitative estimate of drug-likeness (QED) is 0.574. The fourth-order valence-electron chi connectivity index (χ4n) is 0.834. The van der Waals surface area contributed by atoms with Crippen molar-refractivity contribution in [2.24, 2.45) is 0 Å². The second kappa shape index (κ2) is 3.94. The normalized spacial score (nSPS) is 9.69. The maximum atomic E-state index is 12.7. The van der Waals surface area contributed by atoms with Gasteiger partial charge in [-0.15, -0.1) is 0 Å². The summed E-state index contributed by atoms with van der Waals surface area (Å²) in [6.07, 6.45) is 0. The molecule has 0 aliphatic heterocycles. The maximum absolute atomic E-state index is 12.7. The van der Waals surface area contributed by atoms with Gasteiger partial charge in [0, 0.05) is 6.07 Å². The first kappa shape index (κ1) is 9.58. The molecule has 2 N–H and O–H groups in total. The lowest BCUT2D eigenvalue weighted by atomic mass is 10.3. The molecule has 0 aliphatic rings. The Morgan fingerprint density at radius 3 is 2.92 bits per heavy atom. The monoisotopic (exact) mass is 181 g/mol. The van der Waals surface area contributed by atoms with E-state index >= 15 is 0 Å². The topological polar surface area (TPSA) is 35.2 Å². The number of anilines is 1. The van der Waals surface area contributed by atoms with E-state index in [0.717, 1.165) is 5.57 Å². The van der Waals surface area contributed by atoms with E-state index < -0.39 is 0 Å². The molecule has 0 fully saturated rings. The van der Waals surface area contributed by atoms with Gasteiger partial charge in [0.05, 0.1) is 5.69 Å². The Kier molecular flexibility index (Phi) is 2.90. The SMILES string of the molecule is C=C(C)COc1cc(F)ccc1N. The number of halogens is 1. The van der Waals surface area contributed by atoms with Gasteiger partial charge in [0.25, 0.3) is 0 Å². The van der Waals surface area contributed by atoms with Crippen LogP contribution >= 0.6 is 0 Å². The van der Waals surface area contributed by atoms with Crippen molar-refractivity contribution in [1.29, 1.82) is 0 Å². The summed E-state index contributed by atoms with van der Waals surface area (Å²) >= 11 is 0. The molecule has 0 unspecified atom stereocenters. The first-order valence-electron chi connectivity index (χ1n) is 3.92. The third-order valence-electron chi connectivity index (χ3n) is 1.45. The molecule has 3 heteroatoms. The predicted molar refractivity (Wildman–Crippen MR) is 51.1 cm³/mol. The van der Waals surface area contributed by atoms with Gasteiger partial charge in [0.2, 0.25) is 0 Å². The van der Waals surface area contributed by atoms with E-state index in [9.17, 15) is 4.39 Å². The molecule has 0 atom stereocenters. The summed E-state index contributed by atoms with van der Waals surface area (Å²) in [6.45, 7) is 5.85. The Labute approximate surface area is 76.8 Å². The lowest BCUT2D eigenvalue weighted by Crippen LogP contribution is -2.00. The highest BCUT2D eigenvalue weighted by Crippen LogP contribution is 2.22. The van der Waals surface area contributed by atoms with E-state index in [4.69, 9.17) is 10.5 Å². The molecule has 70 valence electrons. The zero-order chi connectivity index (χ0) is 9.84. The molecule has 13 heavy (non-hydrogen) atoms. The number of nitrogen functional groups attached to an aromatic ring is 1. The largest absolute Gasteiger partial charge is 0.487 e. The summed E-state index contributed by atoms with van der Waals surface area (Å²) in [4.78, 5) is 0. The first-order chi connectivity index (χ1) is 6.09. The Hall–Kier alpha value is -1.51. The molecule has 1 rings (SSSR count). The summed E-state index contributed by atoms with van der Waals surface area (Å²) in [5.41, 5.74) is 6.85. The van der Waals surface area contributed by atoms with Crippen molar-refractivity contribution in [1.82, 2.24) is 0 Å². The average molecular weight is 181 g/mol. The highest BCUT2D eigenvalue weighted by atomic mass is 19.1. The number of rotatable bonds is 3. The van der Waals surface area contributed by atoms with E-state index in [1.165, 1.54) is 18.2 Å². The Morgan fingerprint density at radius 1 is 1.62 bits per heavy atom. The van der Waals surface area contributed by atoms with Crippen LogP contribution in [0.3, 0.4) is 0 Å². The zero-order valence-electron chi connectivity index (χ0n) is 7.51. The predicted octanol–water partition coefficient (Wildman–Crippen LogP) is 2.36. The lowest BCUT2D eigenvalue weighted by molar-refractivity contribution is 0.352. The van der Waals surface area contributed by atoms with E-state index in [0.29, 0.717) is 18.0 Å². The van der Waals surface area contributed by atoms with Crippen LogP contribution in [-0.2, 0) is 0 Å². The van der Waals surface area contributed by atoms with E-state index in [1.807, 2.05) is 6.92 Å². The van der Waals surface area contributed by atoms with E-state index in [-0.39, 0.29) is 5.82 Å².